The van der Waals surface area contributed by atoms with E-state index in [1.54, 1.807) is 6.92 Å². The van der Waals surface area contributed by atoms with E-state index in [9.17, 15) is 4.79 Å². The lowest BCUT2D eigenvalue weighted by Crippen LogP contribution is -2.48. The fraction of sp³-hybridized carbons (Fsp3) is 0.500. The molecule has 2 aromatic rings. The number of hydrogen-bond donors (Lipinski definition) is 0. The second-order valence-electron chi connectivity index (χ2n) is 6.56. The summed E-state index contributed by atoms with van der Waals surface area (Å²) >= 11 is 0. The Balaban J connectivity index is 1.54. The highest BCUT2D eigenvalue weighted by Gasteiger charge is 2.23. The maximum atomic E-state index is 12.6. The van der Waals surface area contributed by atoms with Crippen LogP contribution in [0.5, 0.6) is 0 Å². The van der Waals surface area contributed by atoms with Gasteiger partial charge < -0.3 is 9.32 Å². The van der Waals surface area contributed by atoms with Crippen molar-refractivity contribution >= 4 is 5.91 Å². The van der Waals surface area contributed by atoms with Gasteiger partial charge in [-0.1, -0.05) is 26.0 Å². The molecule has 0 aliphatic carbocycles. The molecule has 0 radical (unpaired) electrons. The number of benzene rings is 1. The topological polar surface area (TPSA) is 62.5 Å². The van der Waals surface area contributed by atoms with Gasteiger partial charge in [0, 0.05) is 38.7 Å². The molecule has 3 rings (SSSR count). The molecule has 1 aliphatic heterocycles. The van der Waals surface area contributed by atoms with Crippen molar-refractivity contribution in [3.8, 4) is 0 Å². The lowest BCUT2D eigenvalue weighted by molar-refractivity contribution is 0.0617. The predicted octanol–water partition coefficient (Wildman–Crippen LogP) is 2.46. The quantitative estimate of drug-likeness (QED) is 0.863. The molecule has 1 aliphatic rings. The van der Waals surface area contributed by atoms with Gasteiger partial charge >= 0.3 is 0 Å². The van der Waals surface area contributed by atoms with E-state index in [1.165, 1.54) is 5.56 Å². The van der Waals surface area contributed by atoms with Crippen LogP contribution in [0.25, 0.3) is 0 Å². The zero-order chi connectivity index (χ0) is 17.1. The number of piperazine rings is 1. The highest BCUT2D eigenvalue weighted by atomic mass is 16.4. The van der Waals surface area contributed by atoms with Gasteiger partial charge in [-0.05, 0) is 23.6 Å². The molecule has 1 fully saturated rings. The molecule has 6 nitrogen and oxygen atoms in total. The number of carbonyl (C=O) groups excluding carboxylic acids is 1. The van der Waals surface area contributed by atoms with E-state index in [1.807, 2.05) is 29.2 Å². The maximum Gasteiger partial charge on any atom is 0.253 e. The third kappa shape index (κ3) is 3.82. The summed E-state index contributed by atoms with van der Waals surface area (Å²) in [6, 6.07) is 7.97. The monoisotopic (exact) mass is 328 g/mol. The zero-order valence-corrected chi connectivity index (χ0v) is 14.5. The van der Waals surface area contributed by atoms with Gasteiger partial charge in [0.1, 0.15) is 0 Å². The molecule has 0 spiro atoms. The van der Waals surface area contributed by atoms with Crippen molar-refractivity contribution in [2.24, 2.45) is 0 Å². The fourth-order valence-electron chi connectivity index (χ4n) is 2.89. The summed E-state index contributed by atoms with van der Waals surface area (Å²) in [6.45, 7) is 9.82. The summed E-state index contributed by atoms with van der Waals surface area (Å²) in [6.07, 6.45) is 0. The van der Waals surface area contributed by atoms with Crippen LogP contribution in [0, 0.1) is 6.92 Å². The van der Waals surface area contributed by atoms with E-state index >= 15 is 0 Å². The SMILES string of the molecule is Cc1nnc(CN2CCN(C(=O)c3ccc(C(C)C)cc3)CC2)o1. The first-order valence-electron chi connectivity index (χ1n) is 8.43. The van der Waals surface area contributed by atoms with E-state index < -0.39 is 0 Å². The van der Waals surface area contributed by atoms with Crippen LogP contribution in [0.1, 0.15) is 47.5 Å². The highest BCUT2D eigenvalue weighted by molar-refractivity contribution is 5.94. The van der Waals surface area contributed by atoms with Crippen LogP contribution in [0.2, 0.25) is 0 Å². The molecule has 6 heteroatoms. The van der Waals surface area contributed by atoms with Crippen LogP contribution < -0.4 is 0 Å². The van der Waals surface area contributed by atoms with Gasteiger partial charge in [-0.25, -0.2) is 0 Å². The number of aryl methyl sites for hydroxylation is 1. The van der Waals surface area contributed by atoms with Gasteiger partial charge in [-0.15, -0.1) is 10.2 Å². The molecular weight excluding hydrogens is 304 g/mol. The number of amides is 1. The lowest BCUT2D eigenvalue weighted by Gasteiger charge is -2.34. The van der Waals surface area contributed by atoms with Gasteiger partial charge in [0.15, 0.2) is 0 Å². The Morgan fingerprint density at radius 2 is 1.79 bits per heavy atom. The Labute approximate surface area is 142 Å². The second-order valence-corrected chi connectivity index (χ2v) is 6.56. The Morgan fingerprint density at radius 3 is 2.33 bits per heavy atom. The summed E-state index contributed by atoms with van der Waals surface area (Å²) in [4.78, 5) is 16.8. The van der Waals surface area contributed by atoms with E-state index in [0.717, 1.165) is 31.7 Å². The van der Waals surface area contributed by atoms with Crippen molar-refractivity contribution in [2.75, 3.05) is 26.2 Å². The van der Waals surface area contributed by atoms with Gasteiger partial charge in [-0.2, -0.15) is 0 Å². The predicted molar refractivity (Wildman–Crippen MR) is 90.7 cm³/mol. The van der Waals surface area contributed by atoms with E-state index in [2.05, 4.69) is 28.9 Å². The molecular formula is C18H24N4O2. The summed E-state index contributed by atoms with van der Waals surface area (Å²) in [5, 5.41) is 7.87. The third-order valence-corrected chi connectivity index (χ3v) is 4.41. The van der Waals surface area contributed by atoms with Gasteiger partial charge in [0.25, 0.3) is 5.91 Å². The fourth-order valence-corrected chi connectivity index (χ4v) is 2.89. The zero-order valence-electron chi connectivity index (χ0n) is 14.5. The Kier molecular flexibility index (Phi) is 4.94. The van der Waals surface area contributed by atoms with Gasteiger partial charge in [0.2, 0.25) is 11.8 Å². The average Bonchev–Trinajstić information content (AvgIpc) is 3.00. The number of nitrogens with zero attached hydrogens (tertiary/aromatic N) is 4. The van der Waals surface area contributed by atoms with Crippen LogP contribution >= 0.6 is 0 Å². The largest absolute Gasteiger partial charge is 0.424 e. The van der Waals surface area contributed by atoms with Crippen LogP contribution in [0.15, 0.2) is 28.7 Å². The first-order chi connectivity index (χ1) is 11.5. The smallest absolute Gasteiger partial charge is 0.253 e. The van der Waals surface area contributed by atoms with Crippen molar-refractivity contribution in [1.29, 1.82) is 0 Å². The van der Waals surface area contributed by atoms with Crippen molar-refractivity contribution in [3.05, 3.63) is 47.2 Å². The molecule has 2 heterocycles. The van der Waals surface area contributed by atoms with Crippen LogP contribution in [0.3, 0.4) is 0 Å². The molecule has 1 amide bonds. The molecule has 0 unspecified atom stereocenters. The van der Waals surface area contributed by atoms with E-state index in [-0.39, 0.29) is 5.91 Å². The number of carbonyl (C=O) groups is 1. The minimum absolute atomic E-state index is 0.110. The van der Waals surface area contributed by atoms with Crippen molar-refractivity contribution in [2.45, 2.75) is 33.2 Å². The Hall–Kier alpha value is -2.21. The Bertz CT molecular complexity index is 685. The van der Waals surface area contributed by atoms with E-state index in [0.29, 0.717) is 24.2 Å². The highest BCUT2D eigenvalue weighted by Crippen LogP contribution is 2.16. The van der Waals surface area contributed by atoms with Crippen LogP contribution in [-0.4, -0.2) is 52.1 Å². The molecule has 0 bridgehead atoms. The maximum absolute atomic E-state index is 12.6. The Morgan fingerprint density at radius 1 is 1.12 bits per heavy atom. The average molecular weight is 328 g/mol. The minimum atomic E-state index is 0.110. The van der Waals surface area contributed by atoms with Crippen LogP contribution in [-0.2, 0) is 6.54 Å². The summed E-state index contributed by atoms with van der Waals surface area (Å²) in [5.74, 6) is 1.81. The van der Waals surface area contributed by atoms with Crippen molar-refractivity contribution < 1.29 is 9.21 Å². The number of hydrogen-bond acceptors (Lipinski definition) is 5. The number of rotatable bonds is 4. The summed E-state index contributed by atoms with van der Waals surface area (Å²) < 4.78 is 5.42. The number of aromatic nitrogens is 2. The second kappa shape index (κ2) is 7.13. The van der Waals surface area contributed by atoms with Crippen molar-refractivity contribution in [3.63, 3.8) is 0 Å². The molecule has 128 valence electrons. The van der Waals surface area contributed by atoms with Crippen molar-refractivity contribution in [1.82, 2.24) is 20.0 Å². The first-order valence-corrected chi connectivity index (χ1v) is 8.43. The molecule has 0 N–H and O–H groups in total. The molecule has 0 atom stereocenters. The van der Waals surface area contributed by atoms with Crippen LogP contribution in [0.4, 0.5) is 0 Å². The standard InChI is InChI=1S/C18H24N4O2/c1-13(2)15-4-6-16(7-5-15)18(23)22-10-8-21(9-11-22)12-17-20-19-14(3)24-17/h4-7,13H,8-12H2,1-3H3. The third-order valence-electron chi connectivity index (χ3n) is 4.41. The molecule has 1 saturated heterocycles. The normalized spacial score (nSPS) is 15.9. The molecule has 24 heavy (non-hydrogen) atoms. The molecule has 1 aromatic heterocycles. The molecule has 1 aromatic carbocycles. The van der Waals surface area contributed by atoms with Gasteiger partial charge in [0.05, 0.1) is 6.54 Å². The lowest BCUT2D eigenvalue weighted by atomic mass is 10.0. The first kappa shape index (κ1) is 16.6. The summed E-state index contributed by atoms with van der Waals surface area (Å²) in [5.41, 5.74) is 2.02. The minimum Gasteiger partial charge on any atom is -0.424 e. The van der Waals surface area contributed by atoms with Gasteiger partial charge in [-0.3, -0.25) is 9.69 Å². The molecule has 0 saturated carbocycles. The van der Waals surface area contributed by atoms with E-state index in [4.69, 9.17) is 4.42 Å². The summed E-state index contributed by atoms with van der Waals surface area (Å²) in [7, 11) is 0.